The lowest BCUT2D eigenvalue weighted by Gasteiger charge is -2.04. The van der Waals surface area contributed by atoms with Gasteiger partial charge in [-0.15, -0.1) is 17.5 Å². The number of fused-ring (bicyclic) bond motifs is 1. The van der Waals surface area contributed by atoms with Crippen molar-refractivity contribution in [2.75, 3.05) is 6.54 Å². The largest absolute Gasteiger partial charge is 0.327 e. The molecule has 2 aromatic carbocycles. The third-order valence-electron chi connectivity index (χ3n) is 2.53. The van der Waals surface area contributed by atoms with Crippen LogP contribution in [0.1, 0.15) is 5.56 Å². The van der Waals surface area contributed by atoms with Crippen LogP contribution < -0.4 is 5.73 Å². The fourth-order valence-corrected chi connectivity index (χ4v) is 1.95. The Morgan fingerprint density at radius 3 is 2.76 bits per heavy atom. The van der Waals surface area contributed by atoms with Gasteiger partial charge >= 0.3 is 0 Å². The first-order valence-corrected chi connectivity index (χ1v) is 5.66. The molecule has 0 aliphatic rings. The fourth-order valence-electron chi connectivity index (χ4n) is 1.71. The molecule has 17 heavy (non-hydrogen) atoms. The second kappa shape index (κ2) is 5.12. The van der Waals surface area contributed by atoms with E-state index in [2.05, 4.69) is 17.8 Å². The Hall–Kier alpha value is -1.65. The summed E-state index contributed by atoms with van der Waals surface area (Å²) >= 11 is 4.23. The van der Waals surface area contributed by atoms with E-state index in [9.17, 15) is 4.91 Å². The van der Waals surface area contributed by atoms with E-state index < -0.39 is 0 Å². The van der Waals surface area contributed by atoms with E-state index in [0.717, 1.165) is 16.3 Å². The van der Waals surface area contributed by atoms with Gasteiger partial charge in [0.15, 0.2) is 0 Å². The molecule has 0 bridgehead atoms. The van der Waals surface area contributed by atoms with Crippen molar-refractivity contribution < 1.29 is 0 Å². The first kappa shape index (κ1) is 11.8. The molecule has 86 valence electrons. The molecule has 2 aromatic rings. The van der Waals surface area contributed by atoms with E-state index in [1.807, 2.05) is 36.4 Å². The fraction of sp³-hybridized carbons (Fsp3) is 0.0769. The Morgan fingerprint density at radius 1 is 1.29 bits per heavy atom. The first-order chi connectivity index (χ1) is 8.26. The Kier molecular flexibility index (Phi) is 3.56. The molecule has 0 spiro atoms. The molecule has 0 atom stereocenters. The third-order valence-corrected chi connectivity index (χ3v) is 2.89. The highest BCUT2D eigenvalue weighted by atomic mass is 32.1. The van der Waals surface area contributed by atoms with E-state index in [1.54, 1.807) is 6.07 Å². The number of nitrogens with zero attached hydrogens (tertiary/aromatic N) is 1. The highest BCUT2D eigenvalue weighted by Crippen LogP contribution is 2.33. The van der Waals surface area contributed by atoms with Crippen molar-refractivity contribution in [2.45, 2.75) is 4.90 Å². The summed E-state index contributed by atoms with van der Waals surface area (Å²) in [6, 6.07) is 9.53. The molecule has 2 rings (SSSR count). The number of benzene rings is 2. The summed E-state index contributed by atoms with van der Waals surface area (Å²) < 4.78 is 0. The molecule has 0 fully saturated rings. The van der Waals surface area contributed by atoms with E-state index in [0.29, 0.717) is 17.1 Å². The lowest BCUT2D eigenvalue weighted by atomic mass is 10.1. The number of nitroso groups, excluding NO2 is 1. The van der Waals surface area contributed by atoms with Crippen LogP contribution in [0.2, 0.25) is 0 Å². The maximum atomic E-state index is 10.8. The number of rotatable bonds is 3. The Labute approximate surface area is 105 Å². The van der Waals surface area contributed by atoms with Gasteiger partial charge in [-0.05, 0) is 28.3 Å². The van der Waals surface area contributed by atoms with Crippen LogP contribution in [0.5, 0.6) is 0 Å². The smallest absolute Gasteiger partial charge is 0.129 e. The van der Waals surface area contributed by atoms with Gasteiger partial charge in [-0.25, -0.2) is 0 Å². The molecule has 0 heterocycles. The van der Waals surface area contributed by atoms with Crippen LogP contribution in [0.3, 0.4) is 0 Å². The van der Waals surface area contributed by atoms with Crippen LogP contribution in [-0.4, -0.2) is 6.54 Å². The van der Waals surface area contributed by atoms with Crippen LogP contribution in [0.4, 0.5) is 5.69 Å². The van der Waals surface area contributed by atoms with Crippen molar-refractivity contribution in [1.29, 1.82) is 0 Å². The lowest BCUT2D eigenvalue weighted by molar-refractivity contribution is 1.26. The Morgan fingerprint density at radius 2 is 2.06 bits per heavy atom. The summed E-state index contributed by atoms with van der Waals surface area (Å²) in [5.74, 6) is 0. The zero-order valence-electron chi connectivity index (χ0n) is 9.13. The van der Waals surface area contributed by atoms with E-state index in [4.69, 9.17) is 5.73 Å². The molecule has 2 N–H and O–H groups in total. The van der Waals surface area contributed by atoms with Gasteiger partial charge in [0.1, 0.15) is 5.69 Å². The maximum absolute atomic E-state index is 10.8. The third kappa shape index (κ3) is 2.38. The zero-order chi connectivity index (χ0) is 12.3. The molecule has 0 amide bonds. The van der Waals surface area contributed by atoms with Crippen LogP contribution in [0, 0.1) is 4.91 Å². The number of nitrogens with two attached hydrogens (primary N) is 1. The molecule has 0 saturated heterocycles. The summed E-state index contributed by atoms with van der Waals surface area (Å²) in [7, 11) is 0. The van der Waals surface area contributed by atoms with Crippen molar-refractivity contribution in [3.63, 3.8) is 0 Å². The molecule has 0 radical (unpaired) electrons. The zero-order valence-corrected chi connectivity index (χ0v) is 10.0. The summed E-state index contributed by atoms with van der Waals surface area (Å²) in [6.07, 6.45) is 3.78. The topological polar surface area (TPSA) is 55.4 Å². The van der Waals surface area contributed by atoms with Crippen molar-refractivity contribution in [3.05, 3.63) is 46.9 Å². The van der Waals surface area contributed by atoms with Crippen molar-refractivity contribution >= 4 is 35.2 Å². The van der Waals surface area contributed by atoms with Crippen molar-refractivity contribution in [1.82, 2.24) is 0 Å². The molecule has 0 aromatic heterocycles. The Balaban J connectivity index is 2.65. The molecule has 3 nitrogen and oxygen atoms in total. The van der Waals surface area contributed by atoms with Crippen molar-refractivity contribution in [3.8, 4) is 0 Å². The van der Waals surface area contributed by atoms with Gasteiger partial charge in [-0.2, -0.15) is 0 Å². The monoisotopic (exact) mass is 244 g/mol. The molecular weight excluding hydrogens is 232 g/mol. The summed E-state index contributed by atoms with van der Waals surface area (Å²) in [5.41, 5.74) is 6.78. The SMILES string of the molecule is NCC=Cc1ccc2ccc(S)c(N=O)c2c1. The quantitative estimate of drug-likeness (QED) is 0.641. The normalized spacial score (nSPS) is 11.2. The molecule has 0 aliphatic carbocycles. The van der Waals surface area contributed by atoms with Crippen LogP contribution >= 0.6 is 12.6 Å². The summed E-state index contributed by atoms with van der Waals surface area (Å²) in [6.45, 7) is 0.490. The number of hydrogen-bond donors (Lipinski definition) is 2. The van der Waals surface area contributed by atoms with Gasteiger partial charge < -0.3 is 5.73 Å². The minimum absolute atomic E-state index is 0.383. The summed E-state index contributed by atoms with van der Waals surface area (Å²) in [4.78, 5) is 11.4. The average molecular weight is 244 g/mol. The second-order valence-electron chi connectivity index (χ2n) is 3.64. The molecule has 0 saturated carbocycles. The molecular formula is C13H12N2OS. The molecule has 0 unspecified atom stereocenters. The highest BCUT2D eigenvalue weighted by molar-refractivity contribution is 7.80. The van der Waals surface area contributed by atoms with E-state index >= 15 is 0 Å². The predicted octanol–water partition coefficient (Wildman–Crippen LogP) is 3.50. The standard InChI is InChI=1S/C13H12N2OS/c14-7-1-2-9-3-4-10-5-6-12(17)13(15-16)11(10)8-9/h1-6,8,17H,7,14H2. The minimum atomic E-state index is 0.383. The predicted molar refractivity (Wildman–Crippen MR) is 74.7 cm³/mol. The van der Waals surface area contributed by atoms with Crippen molar-refractivity contribution in [2.24, 2.45) is 10.9 Å². The summed E-state index contributed by atoms with van der Waals surface area (Å²) in [5, 5.41) is 4.83. The van der Waals surface area contributed by atoms with E-state index in [-0.39, 0.29) is 0 Å². The van der Waals surface area contributed by atoms with Gasteiger partial charge in [0.2, 0.25) is 0 Å². The Bertz CT molecular complexity index is 593. The van der Waals surface area contributed by atoms with Gasteiger partial charge in [0, 0.05) is 16.8 Å². The maximum Gasteiger partial charge on any atom is 0.129 e. The van der Waals surface area contributed by atoms with Gasteiger partial charge in [-0.1, -0.05) is 30.4 Å². The van der Waals surface area contributed by atoms with Gasteiger partial charge in [0.05, 0.1) is 0 Å². The second-order valence-corrected chi connectivity index (χ2v) is 4.13. The minimum Gasteiger partial charge on any atom is -0.327 e. The van der Waals surface area contributed by atoms with Crippen LogP contribution in [0.15, 0.2) is 46.5 Å². The first-order valence-electron chi connectivity index (χ1n) is 5.22. The average Bonchev–Trinajstić information content (AvgIpc) is 2.36. The van der Waals surface area contributed by atoms with E-state index in [1.165, 1.54) is 0 Å². The number of hydrogen-bond acceptors (Lipinski definition) is 4. The molecule has 0 aliphatic heterocycles. The van der Waals surface area contributed by atoms with Gasteiger partial charge in [0.25, 0.3) is 0 Å². The number of thiol groups is 1. The highest BCUT2D eigenvalue weighted by Gasteiger charge is 2.05. The van der Waals surface area contributed by atoms with Crippen LogP contribution in [-0.2, 0) is 0 Å². The lowest BCUT2D eigenvalue weighted by Crippen LogP contribution is -1.91. The van der Waals surface area contributed by atoms with Crippen LogP contribution in [0.25, 0.3) is 16.8 Å². The molecule has 4 heteroatoms. The van der Waals surface area contributed by atoms with Gasteiger partial charge in [-0.3, -0.25) is 0 Å².